The van der Waals surface area contributed by atoms with Gasteiger partial charge in [-0.05, 0) is 59.6 Å². The second-order valence-electron chi connectivity index (χ2n) is 8.46. The summed E-state index contributed by atoms with van der Waals surface area (Å²) in [5.41, 5.74) is -1.40. The van der Waals surface area contributed by atoms with Crippen LogP contribution in [0.2, 0.25) is 0 Å². The lowest BCUT2D eigenvalue weighted by atomic mass is 10.1. The Labute approximate surface area is 230 Å². The van der Waals surface area contributed by atoms with Gasteiger partial charge in [0.15, 0.2) is 0 Å². The predicted molar refractivity (Wildman–Crippen MR) is 143 cm³/mol. The van der Waals surface area contributed by atoms with E-state index in [1.54, 1.807) is 12.1 Å². The lowest BCUT2D eigenvalue weighted by molar-refractivity contribution is -0.0524. The Morgan fingerprint density at radius 2 is 1.62 bits per heavy atom. The molecular formula is C27H25BrN2O9. The molecule has 4 rings (SSSR count). The van der Waals surface area contributed by atoms with Gasteiger partial charge in [-0.3, -0.25) is 14.2 Å². The van der Waals surface area contributed by atoms with E-state index in [1.165, 1.54) is 67.9 Å². The van der Waals surface area contributed by atoms with Gasteiger partial charge in [-0.25, -0.2) is 9.59 Å². The van der Waals surface area contributed by atoms with E-state index in [0.717, 1.165) is 4.57 Å². The first-order chi connectivity index (χ1) is 18.8. The Morgan fingerprint density at radius 1 is 1.03 bits per heavy atom. The number of ether oxygens (including phenoxy) is 4. The SMILES string of the molecule is COc1ccc(C(=O)O[C@H]2C[C@H](n3cc(C=CBr)c(=O)n(C(=O)c4ccc(OC)cc4)c3=O)O[C@@H]2CO)cc1. The molecule has 1 saturated heterocycles. The minimum atomic E-state index is -1.04. The van der Waals surface area contributed by atoms with Crippen LogP contribution < -0.4 is 20.7 Å². The number of aliphatic hydroxyl groups is 1. The lowest BCUT2D eigenvalue weighted by Crippen LogP contribution is -2.45. The van der Waals surface area contributed by atoms with Crippen LogP contribution in [0.15, 0.2) is 69.3 Å². The first-order valence-corrected chi connectivity index (χ1v) is 12.7. The van der Waals surface area contributed by atoms with Gasteiger partial charge in [0.25, 0.3) is 11.5 Å². The molecule has 1 aliphatic heterocycles. The van der Waals surface area contributed by atoms with Crippen molar-refractivity contribution < 1.29 is 33.6 Å². The molecule has 0 aliphatic carbocycles. The van der Waals surface area contributed by atoms with Gasteiger partial charge < -0.3 is 24.1 Å². The van der Waals surface area contributed by atoms with Gasteiger partial charge in [0.05, 0.1) is 32.0 Å². The third kappa shape index (κ3) is 5.87. The molecule has 0 radical (unpaired) electrons. The quantitative estimate of drug-likeness (QED) is 0.387. The molecule has 0 bridgehead atoms. The topological polar surface area (TPSA) is 135 Å². The Bertz CT molecular complexity index is 1490. The fraction of sp³-hybridized carbons (Fsp3) is 0.259. The number of methoxy groups -OCH3 is 2. The molecule has 0 unspecified atom stereocenters. The smallest absolute Gasteiger partial charge is 0.340 e. The van der Waals surface area contributed by atoms with Crippen LogP contribution >= 0.6 is 15.9 Å². The molecule has 1 fully saturated rings. The van der Waals surface area contributed by atoms with Crippen LogP contribution in [0.25, 0.3) is 6.08 Å². The standard InChI is InChI=1S/C27H25BrN2O9/c1-36-19-7-3-16(4-8-19)24(32)30-25(33)18(11-12-28)14-29(27(30)35)23-13-21(22(15-31)38-23)39-26(34)17-5-9-20(37-2)10-6-17/h3-12,14,21-23,31H,13,15H2,1-2H3/t21-,22+,23+/m0/s1. The van der Waals surface area contributed by atoms with E-state index < -0.39 is 48.2 Å². The molecule has 1 aromatic heterocycles. The van der Waals surface area contributed by atoms with Crippen molar-refractivity contribution >= 4 is 33.9 Å². The molecule has 1 aliphatic rings. The number of hydrogen-bond donors (Lipinski definition) is 1. The molecule has 2 heterocycles. The van der Waals surface area contributed by atoms with Crippen LogP contribution in [-0.4, -0.2) is 59.2 Å². The molecule has 0 amide bonds. The molecule has 3 atom stereocenters. The monoisotopic (exact) mass is 600 g/mol. The van der Waals surface area contributed by atoms with Crippen molar-refractivity contribution in [1.29, 1.82) is 0 Å². The van der Waals surface area contributed by atoms with Crippen molar-refractivity contribution in [1.82, 2.24) is 9.13 Å². The predicted octanol–water partition coefficient (Wildman–Crippen LogP) is 2.59. The summed E-state index contributed by atoms with van der Waals surface area (Å²) in [4.78, 5) is 53.9. The number of aliphatic hydroxyl groups excluding tert-OH is 1. The molecule has 39 heavy (non-hydrogen) atoms. The summed E-state index contributed by atoms with van der Waals surface area (Å²) in [5.74, 6) is -0.432. The molecule has 11 nitrogen and oxygen atoms in total. The van der Waals surface area contributed by atoms with Crippen molar-refractivity contribution in [2.75, 3.05) is 20.8 Å². The van der Waals surface area contributed by atoms with Gasteiger partial charge in [-0.15, -0.1) is 0 Å². The molecule has 3 aromatic rings. The average molecular weight is 601 g/mol. The number of carbonyl (C=O) groups is 2. The summed E-state index contributed by atoms with van der Waals surface area (Å²) in [6.45, 7) is -0.496. The maximum Gasteiger partial charge on any atom is 0.340 e. The van der Waals surface area contributed by atoms with E-state index in [4.69, 9.17) is 18.9 Å². The van der Waals surface area contributed by atoms with Crippen LogP contribution in [0.3, 0.4) is 0 Å². The van der Waals surface area contributed by atoms with Gasteiger partial charge in [-0.2, -0.15) is 4.57 Å². The third-order valence-corrected chi connectivity index (χ3v) is 6.44. The molecule has 1 N–H and O–H groups in total. The zero-order valence-electron chi connectivity index (χ0n) is 21.0. The zero-order valence-corrected chi connectivity index (χ0v) is 22.6. The summed E-state index contributed by atoms with van der Waals surface area (Å²) in [5, 5.41) is 9.88. The highest BCUT2D eigenvalue weighted by atomic mass is 79.9. The number of halogens is 1. The number of benzene rings is 2. The van der Waals surface area contributed by atoms with E-state index in [0.29, 0.717) is 16.1 Å². The maximum atomic E-state index is 13.5. The van der Waals surface area contributed by atoms with Gasteiger partial charge in [-0.1, -0.05) is 15.9 Å². The van der Waals surface area contributed by atoms with E-state index in [-0.39, 0.29) is 23.1 Å². The van der Waals surface area contributed by atoms with Gasteiger partial charge in [0.2, 0.25) is 0 Å². The number of aromatic nitrogens is 2. The van der Waals surface area contributed by atoms with Crippen molar-refractivity contribution in [3.8, 4) is 11.5 Å². The van der Waals surface area contributed by atoms with Crippen molar-refractivity contribution in [2.45, 2.75) is 24.9 Å². The minimum Gasteiger partial charge on any atom is -0.497 e. The summed E-state index contributed by atoms with van der Waals surface area (Å²) >= 11 is 3.11. The van der Waals surface area contributed by atoms with Gasteiger partial charge in [0.1, 0.15) is 29.9 Å². The van der Waals surface area contributed by atoms with E-state index >= 15 is 0 Å². The number of rotatable bonds is 8. The van der Waals surface area contributed by atoms with Crippen LogP contribution in [0, 0.1) is 0 Å². The number of nitrogens with zero attached hydrogens (tertiary/aromatic N) is 2. The Morgan fingerprint density at radius 3 is 2.15 bits per heavy atom. The number of carbonyl (C=O) groups excluding carboxylic acids is 2. The highest BCUT2D eigenvalue weighted by molar-refractivity contribution is 9.11. The Kier molecular flexibility index (Phi) is 8.79. The summed E-state index contributed by atoms with van der Waals surface area (Å²) in [7, 11) is 2.97. The van der Waals surface area contributed by atoms with E-state index in [9.17, 15) is 24.3 Å². The fourth-order valence-electron chi connectivity index (χ4n) is 4.11. The Balaban J connectivity index is 1.67. The first kappa shape index (κ1) is 28.0. The molecule has 12 heteroatoms. The van der Waals surface area contributed by atoms with Crippen LogP contribution in [0.5, 0.6) is 11.5 Å². The second-order valence-corrected chi connectivity index (χ2v) is 8.99. The molecule has 0 saturated carbocycles. The average Bonchev–Trinajstić information content (AvgIpc) is 3.36. The fourth-order valence-corrected chi connectivity index (χ4v) is 4.40. The van der Waals surface area contributed by atoms with Crippen LogP contribution in [-0.2, 0) is 9.47 Å². The third-order valence-electron chi connectivity index (χ3n) is 6.18. The van der Waals surface area contributed by atoms with Gasteiger partial charge >= 0.3 is 11.7 Å². The molecular weight excluding hydrogens is 576 g/mol. The summed E-state index contributed by atoms with van der Waals surface area (Å²) in [6.07, 6.45) is -0.269. The maximum absolute atomic E-state index is 13.5. The van der Waals surface area contributed by atoms with E-state index in [2.05, 4.69) is 15.9 Å². The lowest BCUT2D eigenvalue weighted by Gasteiger charge is -2.17. The summed E-state index contributed by atoms with van der Waals surface area (Å²) < 4.78 is 23.2. The number of esters is 1. The van der Waals surface area contributed by atoms with Crippen molar-refractivity contribution in [2.24, 2.45) is 0 Å². The first-order valence-electron chi connectivity index (χ1n) is 11.8. The summed E-state index contributed by atoms with van der Waals surface area (Å²) in [6, 6.07) is 12.2. The zero-order chi connectivity index (χ0) is 28.1. The van der Waals surface area contributed by atoms with E-state index in [1.807, 2.05) is 0 Å². The van der Waals surface area contributed by atoms with Gasteiger partial charge in [0, 0.05) is 18.2 Å². The largest absolute Gasteiger partial charge is 0.497 e. The van der Waals surface area contributed by atoms with Crippen molar-refractivity contribution in [3.63, 3.8) is 0 Å². The minimum absolute atomic E-state index is 0.0145. The highest BCUT2D eigenvalue weighted by Crippen LogP contribution is 2.30. The van der Waals surface area contributed by atoms with Crippen molar-refractivity contribution in [3.05, 3.63) is 97.2 Å². The molecule has 2 aromatic carbocycles. The molecule has 0 spiro atoms. The normalized spacial score (nSPS) is 18.7. The Hall–Kier alpha value is -4.00. The van der Waals surface area contributed by atoms with Crippen LogP contribution in [0.4, 0.5) is 0 Å². The highest BCUT2D eigenvalue weighted by Gasteiger charge is 2.40. The van der Waals surface area contributed by atoms with Crippen LogP contribution in [0.1, 0.15) is 38.9 Å². The second kappa shape index (κ2) is 12.2. The molecule has 204 valence electrons. The number of hydrogen-bond acceptors (Lipinski definition) is 9.